The molecule has 0 radical (unpaired) electrons. The smallest absolute Gasteiger partial charge is 0.121 e. The van der Waals surface area contributed by atoms with Gasteiger partial charge in [0.15, 0.2) is 0 Å². The Kier molecular flexibility index (Phi) is 5.56. The van der Waals surface area contributed by atoms with Crippen LogP contribution in [0.2, 0.25) is 0 Å². The van der Waals surface area contributed by atoms with E-state index in [1.807, 2.05) is 6.20 Å². The maximum atomic E-state index is 4.85. The Morgan fingerprint density at radius 3 is 3.00 bits per heavy atom. The predicted molar refractivity (Wildman–Crippen MR) is 115 cm³/mol. The maximum absolute atomic E-state index is 4.85. The standard InChI is InChI=1S/C23H30N6/c1-2-9-20-19(8-1)26-22(27-20)16-29(15-14-28-13-5-11-24-17-28)21-10-3-6-18-7-4-12-25-23(18)21/h1-2,4,7-9,12,21,24H,3,5-6,10-11,13-17H2,(H,26,27). The first-order valence-corrected chi connectivity index (χ1v) is 10.9. The maximum Gasteiger partial charge on any atom is 0.121 e. The molecule has 5 rings (SSSR count). The van der Waals surface area contributed by atoms with Gasteiger partial charge in [-0.05, 0) is 56.0 Å². The van der Waals surface area contributed by atoms with Crippen LogP contribution in [0.1, 0.15) is 42.4 Å². The molecule has 0 amide bonds. The lowest BCUT2D eigenvalue weighted by Gasteiger charge is -2.36. The number of aryl methyl sites for hydroxylation is 1. The van der Waals surface area contributed by atoms with E-state index >= 15 is 0 Å². The summed E-state index contributed by atoms with van der Waals surface area (Å²) in [5.74, 6) is 1.05. The SMILES string of the molecule is c1cnc2c(c1)CCCC2N(CCN1CCCNC1)Cc1nc2ccccc2[nH]1. The lowest BCUT2D eigenvalue weighted by atomic mass is 9.90. The summed E-state index contributed by atoms with van der Waals surface area (Å²) in [7, 11) is 0. The molecule has 6 heteroatoms. The van der Waals surface area contributed by atoms with Crippen molar-refractivity contribution in [1.82, 2.24) is 30.1 Å². The molecule has 1 aromatic carbocycles. The quantitative estimate of drug-likeness (QED) is 0.677. The number of para-hydroxylation sites is 2. The summed E-state index contributed by atoms with van der Waals surface area (Å²) in [5, 5.41) is 3.50. The first-order valence-electron chi connectivity index (χ1n) is 10.9. The lowest BCUT2D eigenvalue weighted by Crippen LogP contribution is -2.45. The fraction of sp³-hybridized carbons (Fsp3) is 0.478. The van der Waals surface area contributed by atoms with Gasteiger partial charge in [-0.2, -0.15) is 0 Å². The van der Waals surface area contributed by atoms with Crippen molar-refractivity contribution < 1.29 is 0 Å². The topological polar surface area (TPSA) is 60.1 Å². The van der Waals surface area contributed by atoms with Crippen LogP contribution in [0.25, 0.3) is 11.0 Å². The van der Waals surface area contributed by atoms with E-state index < -0.39 is 0 Å². The Morgan fingerprint density at radius 1 is 1.14 bits per heavy atom. The number of hydrogen-bond donors (Lipinski definition) is 2. The van der Waals surface area contributed by atoms with Crippen molar-refractivity contribution in [3.8, 4) is 0 Å². The monoisotopic (exact) mass is 390 g/mol. The third-order valence-electron chi connectivity index (χ3n) is 6.26. The summed E-state index contributed by atoms with van der Waals surface area (Å²) >= 11 is 0. The Morgan fingerprint density at radius 2 is 2.10 bits per heavy atom. The van der Waals surface area contributed by atoms with Crippen LogP contribution in [0, 0.1) is 0 Å². The highest BCUT2D eigenvalue weighted by atomic mass is 15.3. The molecular formula is C23H30N6. The predicted octanol–water partition coefficient (Wildman–Crippen LogP) is 3.09. The van der Waals surface area contributed by atoms with Gasteiger partial charge in [-0.1, -0.05) is 18.2 Å². The van der Waals surface area contributed by atoms with Crippen molar-refractivity contribution in [2.45, 2.75) is 38.3 Å². The van der Waals surface area contributed by atoms with Crippen molar-refractivity contribution in [2.75, 3.05) is 32.8 Å². The number of benzene rings is 1. The zero-order chi connectivity index (χ0) is 19.5. The van der Waals surface area contributed by atoms with Gasteiger partial charge in [-0.15, -0.1) is 0 Å². The highest BCUT2D eigenvalue weighted by Crippen LogP contribution is 2.33. The molecule has 152 valence electrons. The highest BCUT2D eigenvalue weighted by Gasteiger charge is 2.28. The van der Waals surface area contributed by atoms with Gasteiger partial charge in [0.25, 0.3) is 0 Å². The van der Waals surface area contributed by atoms with E-state index in [9.17, 15) is 0 Å². The Hall–Kier alpha value is -2.28. The molecule has 0 saturated carbocycles. The van der Waals surface area contributed by atoms with Crippen LogP contribution < -0.4 is 5.32 Å². The first-order chi connectivity index (χ1) is 14.4. The zero-order valence-corrected chi connectivity index (χ0v) is 17.0. The summed E-state index contributed by atoms with van der Waals surface area (Å²) in [4.78, 5) is 18.3. The fourth-order valence-electron chi connectivity index (χ4n) is 4.76. The number of aromatic nitrogens is 3. The molecule has 2 aliphatic rings. The zero-order valence-electron chi connectivity index (χ0n) is 17.0. The number of nitrogens with one attached hydrogen (secondary N) is 2. The fourth-order valence-corrected chi connectivity index (χ4v) is 4.76. The second-order valence-electron chi connectivity index (χ2n) is 8.26. The molecule has 2 N–H and O–H groups in total. The van der Waals surface area contributed by atoms with Crippen LogP contribution in [0.15, 0.2) is 42.6 Å². The Labute approximate surface area is 172 Å². The van der Waals surface area contributed by atoms with Crippen LogP contribution in [0.3, 0.4) is 0 Å². The molecule has 1 aliphatic carbocycles. The number of aromatic amines is 1. The number of imidazole rings is 1. The summed E-state index contributed by atoms with van der Waals surface area (Å²) in [5.41, 5.74) is 4.85. The molecule has 0 spiro atoms. The number of hydrogen-bond acceptors (Lipinski definition) is 5. The van der Waals surface area contributed by atoms with Crippen molar-refractivity contribution in [3.05, 3.63) is 59.7 Å². The highest BCUT2D eigenvalue weighted by molar-refractivity contribution is 5.74. The average Bonchev–Trinajstić information content (AvgIpc) is 3.19. The van der Waals surface area contributed by atoms with Crippen LogP contribution in [0.5, 0.6) is 0 Å². The first kappa shape index (κ1) is 18.7. The number of nitrogens with zero attached hydrogens (tertiary/aromatic N) is 4. The minimum absolute atomic E-state index is 0.367. The van der Waals surface area contributed by atoms with Crippen LogP contribution in [-0.4, -0.2) is 57.6 Å². The van der Waals surface area contributed by atoms with E-state index in [0.29, 0.717) is 6.04 Å². The van der Waals surface area contributed by atoms with Gasteiger partial charge in [0.05, 0.1) is 29.3 Å². The number of H-pyrrole nitrogens is 1. The molecule has 1 saturated heterocycles. The second kappa shape index (κ2) is 8.61. The van der Waals surface area contributed by atoms with Crippen molar-refractivity contribution >= 4 is 11.0 Å². The van der Waals surface area contributed by atoms with Gasteiger partial charge < -0.3 is 10.3 Å². The van der Waals surface area contributed by atoms with Crippen molar-refractivity contribution in [1.29, 1.82) is 0 Å². The Balaban J connectivity index is 1.39. The van der Waals surface area contributed by atoms with Gasteiger partial charge in [0, 0.05) is 32.5 Å². The van der Waals surface area contributed by atoms with Crippen LogP contribution in [-0.2, 0) is 13.0 Å². The number of fused-ring (bicyclic) bond motifs is 2. The second-order valence-corrected chi connectivity index (χ2v) is 8.26. The third kappa shape index (κ3) is 4.20. The molecule has 0 bridgehead atoms. The van der Waals surface area contributed by atoms with E-state index in [2.05, 4.69) is 56.5 Å². The molecule has 1 unspecified atom stereocenters. The molecular weight excluding hydrogens is 360 g/mol. The summed E-state index contributed by atoms with van der Waals surface area (Å²) < 4.78 is 0. The molecule has 3 aromatic rings. The van der Waals surface area contributed by atoms with Crippen molar-refractivity contribution in [2.24, 2.45) is 0 Å². The summed E-state index contributed by atoms with van der Waals surface area (Å²) in [6.07, 6.45) is 6.73. The van der Waals surface area contributed by atoms with Gasteiger partial charge in [-0.25, -0.2) is 4.98 Å². The van der Waals surface area contributed by atoms with E-state index in [0.717, 1.165) is 56.1 Å². The number of rotatable bonds is 6. The van der Waals surface area contributed by atoms with Gasteiger partial charge >= 0.3 is 0 Å². The minimum atomic E-state index is 0.367. The molecule has 6 nitrogen and oxygen atoms in total. The lowest BCUT2D eigenvalue weighted by molar-refractivity contribution is 0.123. The largest absolute Gasteiger partial charge is 0.341 e. The molecule has 29 heavy (non-hydrogen) atoms. The third-order valence-corrected chi connectivity index (χ3v) is 6.26. The van der Waals surface area contributed by atoms with Gasteiger partial charge in [0.2, 0.25) is 0 Å². The van der Waals surface area contributed by atoms with E-state index in [1.165, 1.54) is 37.1 Å². The molecule has 1 aliphatic heterocycles. The minimum Gasteiger partial charge on any atom is -0.341 e. The van der Waals surface area contributed by atoms with E-state index in [1.54, 1.807) is 0 Å². The normalized spacial score (nSPS) is 20.2. The Bertz CT molecular complexity index is 912. The number of pyridine rings is 1. The molecule has 2 aromatic heterocycles. The van der Waals surface area contributed by atoms with Gasteiger partial charge in [-0.3, -0.25) is 14.8 Å². The molecule has 1 atom stereocenters. The van der Waals surface area contributed by atoms with Gasteiger partial charge in [0.1, 0.15) is 5.82 Å². The van der Waals surface area contributed by atoms with Crippen LogP contribution in [0.4, 0.5) is 0 Å². The summed E-state index contributed by atoms with van der Waals surface area (Å²) in [6, 6.07) is 13.0. The van der Waals surface area contributed by atoms with E-state index in [-0.39, 0.29) is 0 Å². The summed E-state index contributed by atoms with van der Waals surface area (Å²) in [6.45, 7) is 6.25. The van der Waals surface area contributed by atoms with Crippen LogP contribution >= 0.6 is 0 Å². The molecule has 1 fully saturated rings. The molecule has 3 heterocycles. The average molecular weight is 391 g/mol. The van der Waals surface area contributed by atoms with E-state index in [4.69, 9.17) is 9.97 Å². The van der Waals surface area contributed by atoms with Crippen molar-refractivity contribution in [3.63, 3.8) is 0 Å².